The second kappa shape index (κ2) is 10.7. The van der Waals surface area contributed by atoms with Gasteiger partial charge in [-0.25, -0.2) is 9.79 Å². The summed E-state index contributed by atoms with van der Waals surface area (Å²) in [5, 5.41) is 11.1. The van der Waals surface area contributed by atoms with Crippen molar-refractivity contribution in [3.05, 3.63) is 104 Å². The van der Waals surface area contributed by atoms with Gasteiger partial charge in [-0.15, -0.1) is 0 Å². The molecule has 194 valence electrons. The third-order valence-electron chi connectivity index (χ3n) is 5.89. The van der Waals surface area contributed by atoms with E-state index in [-0.39, 0.29) is 23.5 Å². The molecule has 1 N–H and O–H groups in total. The summed E-state index contributed by atoms with van der Waals surface area (Å²) in [6, 6.07) is 12.8. The molecular weight excluding hydrogens is 662 g/mol. The fourth-order valence-corrected chi connectivity index (χ4v) is 6.00. The van der Waals surface area contributed by atoms with Crippen LogP contribution in [0.15, 0.2) is 74.0 Å². The Morgan fingerprint density at radius 2 is 2.00 bits per heavy atom. The summed E-state index contributed by atoms with van der Waals surface area (Å²) in [7, 11) is 0. The van der Waals surface area contributed by atoms with Gasteiger partial charge in [0.25, 0.3) is 5.56 Å². The number of allylic oxidation sites excluding steroid dienone is 1. The minimum atomic E-state index is -0.909. The number of phenolic OH excluding ortho intramolecular Hbond substituents is 1. The third kappa shape index (κ3) is 4.95. The molecule has 0 unspecified atom stereocenters. The summed E-state index contributed by atoms with van der Waals surface area (Å²) < 4.78 is 14.2. The minimum absolute atomic E-state index is 0.0495. The fraction of sp³-hybridized carbons (Fsp3) is 0.148. The average molecular weight is 681 g/mol. The number of thiazole rings is 1. The summed E-state index contributed by atoms with van der Waals surface area (Å²) in [5.41, 5.74) is 1.44. The van der Waals surface area contributed by atoms with Crippen molar-refractivity contribution in [2.45, 2.75) is 19.9 Å². The molecule has 0 saturated heterocycles. The number of carbonyl (C=O) groups excluding carboxylic acids is 1. The topological polar surface area (TPSA) is 94.0 Å². The lowest BCUT2D eigenvalue weighted by Crippen LogP contribution is -2.39. The Morgan fingerprint density at radius 3 is 2.74 bits per heavy atom. The average Bonchev–Trinajstić information content (AvgIpc) is 3.47. The molecule has 5 rings (SSSR count). The molecule has 3 heterocycles. The van der Waals surface area contributed by atoms with Crippen molar-refractivity contribution in [2.75, 3.05) is 6.61 Å². The first-order valence-corrected chi connectivity index (χ1v) is 14.1. The van der Waals surface area contributed by atoms with Crippen LogP contribution in [0.4, 0.5) is 0 Å². The lowest BCUT2D eigenvalue weighted by molar-refractivity contribution is -0.139. The highest BCUT2D eigenvalue weighted by Gasteiger charge is 2.35. The summed E-state index contributed by atoms with van der Waals surface area (Å²) in [4.78, 5) is 31.8. The van der Waals surface area contributed by atoms with Gasteiger partial charge in [0.05, 0.1) is 32.5 Å². The van der Waals surface area contributed by atoms with E-state index in [0.29, 0.717) is 47.7 Å². The van der Waals surface area contributed by atoms with Gasteiger partial charge in [-0.05, 0) is 91.0 Å². The van der Waals surface area contributed by atoms with E-state index in [0.717, 1.165) is 14.9 Å². The molecule has 38 heavy (non-hydrogen) atoms. The Balaban J connectivity index is 1.70. The van der Waals surface area contributed by atoms with E-state index in [1.165, 1.54) is 4.57 Å². The lowest BCUT2D eigenvalue weighted by atomic mass is 10.0. The standard InChI is InChI=1S/C27H19Cl2IN2O5S/c1-3-36-26(35)23-13(2)31-27-32(25(34)22(38-27)12-15-10-16(30)5-7-19(15)33)24(23)21-9-8-20(37-21)14-4-6-17(28)18(29)11-14/h4-12,24,33H,3H2,1-2H3/b22-12-/t24-/m1/s1. The number of esters is 1. The molecule has 0 spiro atoms. The van der Waals surface area contributed by atoms with E-state index in [9.17, 15) is 14.7 Å². The second-order valence-corrected chi connectivity index (χ2v) is 11.4. The number of benzene rings is 2. The largest absolute Gasteiger partial charge is 0.507 e. The molecule has 4 aromatic rings. The van der Waals surface area contributed by atoms with Crippen LogP contribution >= 0.6 is 57.1 Å². The molecule has 1 aliphatic rings. The molecule has 0 bridgehead atoms. The number of halogens is 3. The zero-order chi connectivity index (χ0) is 27.1. The van der Waals surface area contributed by atoms with Crippen LogP contribution < -0.4 is 14.9 Å². The van der Waals surface area contributed by atoms with E-state index in [2.05, 4.69) is 27.6 Å². The van der Waals surface area contributed by atoms with Gasteiger partial charge in [-0.1, -0.05) is 34.5 Å². The molecule has 0 fully saturated rings. The molecule has 2 aromatic carbocycles. The number of aromatic nitrogens is 1. The summed E-state index contributed by atoms with van der Waals surface area (Å²) >= 11 is 15.6. The van der Waals surface area contributed by atoms with Gasteiger partial charge in [-0.3, -0.25) is 9.36 Å². The zero-order valence-corrected chi connectivity index (χ0v) is 24.5. The van der Waals surface area contributed by atoms with E-state index < -0.39 is 12.0 Å². The maximum Gasteiger partial charge on any atom is 0.338 e. The van der Waals surface area contributed by atoms with Gasteiger partial charge in [0.2, 0.25) is 0 Å². The smallest absolute Gasteiger partial charge is 0.338 e. The highest BCUT2D eigenvalue weighted by atomic mass is 127. The molecular formula is C27H19Cl2IN2O5S. The monoisotopic (exact) mass is 680 g/mol. The molecule has 0 aliphatic carbocycles. The number of rotatable bonds is 5. The molecule has 1 aliphatic heterocycles. The third-order valence-corrected chi connectivity index (χ3v) is 8.29. The summed E-state index contributed by atoms with van der Waals surface area (Å²) in [6.45, 7) is 3.57. The zero-order valence-electron chi connectivity index (χ0n) is 20.0. The number of ether oxygens (including phenoxy) is 1. The van der Waals surface area contributed by atoms with Crippen LogP contribution in [0.3, 0.4) is 0 Å². The Hall–Kier alpha value is -2.86. The Kier molecular flexibility index (Phi) is 7.54. The number of hydrogen-bond acceptors (Lipinski definition) is 7. The van der Waals surface area contributed by atoms with Crippen molar-refractivity contribution < 1.29 is 19.1 Å². The number of phenols is 1. The first kappa shape index (κ1) is 26.7. The second-order valence-electron chi connectivity index (χ2n) is 8.34. The number of aromatic hydroxyl groups is 1. The van der Waals surface area contributed by atoms with Crippen molar-refractivity contribution in [1.82, 2.24) is 4.57 Å². The molecule has 7 nitrogen and oxygen atoms in total. The Morgan fingerprint density at radius 1 is 1.21 bits per heavy atom. The van der Waals surface area contributed by atoms with E-state index >= 15 is 0 Å². The highest BCUT2D eigenvalue weighted by molar-refractivity contribution is 14.1. The summed E-state index contributed by atoms with van der Waals surface area (Å²) in [5.74, 6) is 0.305. The highest BCUT2D eigenvalue weighted by Crippen LogP contribution is 2.35. The van der Waals surface area contributed by atoms with Crippen LogP contribution in [0.2, 0.25) is 10.0 Å². The van der Waals surface area contributed by atoms with Gasteiger partial charge >= 0.3 is 5.97 Å². The molecule has 2 aromatic heterocycles. The molecule has 0 saturated carbocycles. The van der Waals surface area contributed by atoms with Crippen molar-refractivity contribution in [2.24, 2.45) is 4.99 Å². The Labute approximate surface area is 244 Å². The predicted molar refractivity (Wildman–Crippen MR) is 155 cm³/mol. The Bertz CT molecular complexity index is 1800. The fourth-order valence-electron chi connectivity index (χ4n) is 4.15. The van der Waals surface area contributed by atoms with Crippen molar-refractivity contribution >= 4 is 69.2 Å². The van der Waals surface area contributed by atoms with Crippen LogP contribution in [0.25, 0.3) is 17.4 Å². The van der Waals surface area contributed by atoms with Crippen molar-refractivity contribution in [3.8, 4) is 17.1 Å². The van der Waals surface area contributed by atoms with Crippen LogP contribution in [-0.2, 0) is 9.53 Å². The van der Waals surface area contributed by atoms with Crippen LogP contribution in [-0.4, -0.2) is 22.2 Å². The normalized spacial score (nSPS) is 15.4. The first-order chi connectivity index (χ1) is 18.2. The molecule has 1 atom stereocenters. The van der Waals surface area contributed by atoms with Crippen molar-refractivity contribution in [3.63, 3.8) is 0 Å². The molecule has 0 radical (unpaired) electrons. The van der Waals surface area contributed by atoms with Crippen molar-refractivity contribution in [1.29, 1.82) is 0 Å². The van der Waals surface area contributed by atoms with Crippen LogP contribution in [0, 0.1) is 3.57 Å². The SMILES string of the molecule is CCOC(=O)C1=C(C)N=c2s/c(=C\c3cc(I)ccc3O)c(=O)n2[C@@H]1c1ccc(-c2ccc(Cl)c(Cl)c2)o1. The quantitative estimate of drug-likeness (QED) is 0.217. The van der Waals surface area contributed by atoms with E-state index in [4.69, 9.17) is 32.4 Å². The van der Waals surface area contributed by atoms with E-state index in [1.807, 2.05) is 0 Å². The predicted octanol–water partition coefficient (Wildman–Crippen LogP) is 5.68. The lowest BCUT2D eigenvalue weighted by Gasteiger charge is -2.22. The minimum Gasteiger partial charge on any atom is -0.507 e. The van der Waals surface area contributed by atoms with E-state index in [1.54, 1.807) is 68.5 Å². The molecule has 0 amide bonds. The number of hydrogen-bond donors (Lipinski definition) is 1. The maximum absolute atomic E-state index is 13.7. The van der Waals surface area contributed by atoms with Crippen LogP contribution in [0.1, 0.15) is 31.2 Å². The van der Waals surface area contributed by atoms with Gasteiger partial charge < -0.3 is 14.3 Å². The van der Waals surface area contributed by atoms with Gasteiger partial charge in [0.1, 0.15) is 23.3 Å². The number of carbonyl (C=O) groups is 1. The van der Waals surface area contributed by atoms with Crippen LogP contribution in [0.5, 0.6) is 5.75 Å². The summed E-state index contributed by atoms with van der Waals surface area (Å²) in [6.07, 6.45) is 1.62. The number of fused-ring (bicyclic) bond motifs is 1. The van der Waals surface area contributed by atoms with Gasteiger partial charge in [0.15, 0.2) is 4.80 Å². The first-order valence-electron chi connectivity index (χ1n) is 11.4. The maximum atomic E-state index is 13.7. The molecule has 11 heteroatoms. The van der Waals surface area contributed by atoms with Gasteiger partial charge in [0, 0.05) is 14.7 Å². The number of nitrogens with zero attached hydrogens (tertiary/aromatic N) is 2. The van der Waals surface area contributed by atoms with Gasteiger partial charge in [-0.2, -0.15) is 0 Å². The number of furan rings is 1.